The molecule has 1 N–H and O–H groups in total. The van der Waals surface area contributed by atoms with E-state index in [1.807, 2.05) is 20.8 Å². The molecule has 7 heteroatoms. The highest BCUT2D eigenvalue weighted by atomic mass is 32.2. The van der Waals surface area contributed by atoms with E-state index in [-0.39, 0.29) is 0 Å². The van der Waals surface area contributed by atoms with Crippen LogP contribution in [0.4, 0.5) is 13.2 Å². The molecule has 0 aliphatic heterocycles. The maximum absolute atomic E-state index is 12.8. The van der Waals surface area contributed by atoms with Gasteiger partial charge in [-0.2, -0.15) is 13.2 Å². The number of hydrogen-bond donors (Lipinski definition) is 1. The second kappa shape index (κ2) is 6.98. The average Bonchev–Trinajstić information content (AvgIpc) is 2.36. The number of aromatic nitrogens is 1. The van der Waals surface area contributed by atoms with Crippen LogP contribution in [0.15, 0.2) is 12.1 Å². The fourth-order valence-corrected chi connectivity index (χ4v) is 2.34. The standard InChI is InChI=1S/C14H21F3N2OS/c1-5-10-8-11(19-12(9-10)14(15,16)17)6-7-18-21(20)13(2,3)4/h8-9,18H,5-7H2,1-4H3/t21-/m0/s1. The molecule has 0 radical (unpaired) electrons. The van der Waals surface area contributed by atoms with Gasteiger partial charge in [-0.3, -0.25) is 0 Å². The minimum absolute atomic E-state index is 0.304. The molecule has 0 unspecified atom stereocenters. The van der Waals surface area contributed by atoms with E-state index < -0.39 is 28.0 Å². The van der Waals surface area contributed by atoms with E-state index in [2.05, 4.69) is 9.71 Å². The molecule has 1 heterocycles. The van der Waals surface area contributed by atoms with E-state index in [1.54, 1.807) is 13.0 Å². The highest BCUT2D eigenvalue weighted by Gasteiger charge is 2.33. The highest BCUT2D eigenvalue weighted by Crippen LogP contribution is 2.28. The van der Waals surface area contributed by atoms with Crippen LogP contribution >= 0.6 is 0 Å². The average molecular weight is 322 g/mol. The van der Waals surface area contributed by atoms with Gasteiger partial charge in [-0.1, -0.05) is 6.92 Å². The molecule has 1 rings (SSSR count). The van der Waals surface area contributed by atoms with Crippen molar-refractivity contribution in [1.29, 1.82) is 0 Å². The quantitative estimate of drug-likeness (QED) is 0.847. The lowest BCUT2D eigenvalue weighted by Gasteiger charge is -2.23. The number of hydrogen-bond acceptors (Lipinski definition) is 3. The molecular formula is C14H21F3N2OS. The number of pyridine rings is 1. The van der Waals surface area contributed by atoms with Crippen LogP contribution in [0, 0.1) is 0 Å². The van der Waals surface area contributed by atoms with Crippen LogP contribution in [0.2, 0.25) is 0 Å². The molecule has 1 aromatic rings. The number of halogens is 3. The largest absolute Gasteiger partial charge is 0.598 e. The number of nitrogens with zero attached hydrogens (tertiary/aromatic N) is 1. The first-order valence-corrected chi connectivity index (χ1v) is 7.91. The molecule has 0 aromatic carbocycles. The van der Waals surface area contributed by atoms with E-state index in [9.17, 15) is 17.7 Å². The van der Waals surface area contributed by atoms with Crippen molar-refractivity contribution >= 4 is 11.4 Å². The van der Waals surface area contributed by atoms with Gasteiger partial charge in [-0.25, -0.2) is 4.98 Å². The van der Waals surface area contributed by atoms with E-state index in [0.717, 1.165) is 6.07 Å². The van der Waals surface area contributed by atoms with Gasteiger partial charge in [0, 0.05) is 30.0 Å². The molecule has 0 fully saturated rings. The molecule has 1 atom stereocenters. The zero-order valence-corrected chi connectivity index (χ0v) is 13.5. The van der Waals surface area contributed by atoms with E-state index in [1.165, 1.54) is 0 Å². The van der Waals surface area contributed by atoms with Gasteiger partial charge >= 0.3 is 6.18 Å². The zero-order chi connectivity index (χ0) is 16.3. The maximum atomic E-state index is 12.8. The molecule has 0 saturated carbocycles. The summed E-state index contributed by atoms with van der Waals surface area (Å²) in [5.74, 6) is 0. The molecule has 0 aliphatic rings. The van der Waals surface area contributed by atoms with Gasteiger partial charge < -0.3 is 4.55 Å². The predicted molar refractivity (Wildman–Crippen MR) is 78.2 cm³/mol. The molecule has 0 spiro atoms. The Bertz CT molecular complexity index is 472. The summed E-state index contributed by atoms with van der Waals surface area (Å²) < 4.78 is 52.5. The van der Waals surface area contributed by atoms with E-state index in [4.69, 9.17) is 0 Å². The number of alkyl halides is 3. The third kappa shape index (κ3) is 5.84. The minimum atomic E-state index is -4.44. The summed E-state index contributed by atoms with van der Waals surface area (Å²) in [7, 11) is 0. The number of nitrogens with one attached hydrogen (secondary N) is 1. The van der Waals surface area contributed by atoms with Gasteiger partial charge in [0.1, 0.15) is 10.4 Å². The third-order valence-electron chi connectivity index (χ3n) is 2.81. The first-order valence-electron chi connectivity index (χ1n) is 6.76. The van der Waals surface area contributed by atoms with E-state index in [0.29, 0.717) is 30.6 Å². The second-order valence-electron chi connectivity index (χ2n) is 5.73. The van der Waals surface area contributed by atoms with Gasteiger partial charge in [0.25, 0.3) is 0 Å². The van der Waals surface area contributed by atoms with Crippen LogP contribution in [-0.2, 0) is 30.4 Å². The zero-order valence-electron chi connectivity index (χ0n) is 12.7. The Balaban J connectivity index is 2.75. The van der Waals surface area contributed by atoms with Crippen molar-refractivity contribution in [2.75, 3.05) is 6.54 Å². The fraction of sp³-hybridized carbons (Fsp3) is 0.643. The summed E-state index contributed by atoms with van der Waals surface area (Å²) in [5, 5.41) is 0. The smallest absolute Gasteiger partial charge is 0.433 e. The van der Waals surface area contributed by atoms with E-state index >= 15 is 0 Å². The SMILES string of the molecule is CCc1cc(CCN[S@@+]([O-])C(C)(C)C)nc(C(F)(F)F)c1. The first kappa shape index (κ1) is 18.3. The molecule has 0 amide bonds. The summed E-state index contributed by atoms with van der Waals surface area (Å²) in [4.78, 5) is 3.65. The van der Waals surface area contributed by atoms with Crippen molar-refractivity contribution in [2.45, 2.75) is 51.5 Å². The molecule has 1 aromatic heterocycles. The van der Waals surface area contributed by atoms with Crippen molar-refractivity contribution in [3.05, 3.63) is 29.1 Å². The van der Waals surface area contributed by atoms with Crippen molar-refractivity contribution in [1.82, 2.24) is 9.71 Å². The summed E-state index contributed by atoms with van der Waals surface area (Å²) in [6.45, 7) is 7.60. The minimum Gasteiger partial charge on any atom is -0.598 e. The summed E-state index contributed by atoms with van der Waals surface area (Å²) in [6.07, 6.45) is -3.62. The van der Waals surface area contributed by atoms with Gasteiger partial charge in [-0.05, 0) is 44.9 Å². The number of aryl methyl sites for hydroxylation is 1. The molecule has 0 saturated heterocycles. The van der Waals surface area contributed by atoms with Crippen LogP contribution in [-0.4, -0.2) is 20.8 Å². The topological polar surface area (TPSA) is 48.0 Å². The molecule has 120 valence electrons. The van der Waals surface area contributed by atoms with Gasteiger partial charge in [0.15, 0.2) is 0 Å². The lowest BCUT2D eigenvalue weighted by Crippen LogP contribution is -2.40. The Morgan fingerprint density at radius 2 is 1.86 bits per heavy atom. The van der Waals surface area contributed by atoms with Gasteiger partial charge in [0.05, 0.1) is 0 Å². The van der Waals surface area contributed by atoms with Crippen LogP contribution < -0.4 is 4.72 Å². The summed E-state index contributed by atoms with van der Waals surface area (Å²) in [5.41, 5.74) is 0.0955. The predicted octanol–water partition coefficient (Wildman–Crippen LogP) is 3.26. The molecule has 0 bridgehead atoms. The van der Waals surface area contributed by atoms with Crippen LogP contribution in [0.25, 0.3) is 0 Å². The third-order valence-corrected chi connectivity index (χ3v) is 4.39. The Hall–Kier alpha value is -0.790. The Kier molecular flexibility index (Phi) is 6.07. The highest BCUT2D eigenvalue weighted by molar-refractivity contribution is 7.90. The lowest BCUT2D eigenvalue weighted by molar-refractivity contribution is -0.141. The number of rotatable bonds is 5. The lowest BCUT2D eigenvalue weighted by atomic mass is 10.1. The first-order chi connectivity index (χ1) is 9.54. The summed E-state index contributed by atoms with van der Waals surface area (Å²) >= 11 is -1.24. The van der Waals surface area contributed by atoms with Crippen LogP contribution in [0.5, 0.6) is 0 Å². The van der Waals surface area contributed by atoms with Crippen molar-refractivity contribution in [2.24, 2.45) is 0 Å². The summed E-state index contributed by atoms with van der Waals surface area (Å²) in [6, 6.07) is 2.74. The Morgan fingerprint density at radius 3 is 2.33 bits per heavy atom. The molecule has 3 nitrogen and oxygen atoms in total. The molecule has 0 aliphatic carbocycles. The van der Waals surface area contributed by atoms with Gasteiger partial charge in [0.2, 0.25) is 0 Å². The van der Waals surface area contributed by atoms with Gasteiger partial charge in [-0.15, -0.1) is 4.72 Å². The van der Waals surface area contributed by atoms with Crippen molar-refractivity contribution in [3.8, 4) is 0 Å². The molecule has 21 heavy (non-hydrogen) atoms. The monoisotopic (exact) mass is 322 g/mol. The van der Waals surface area contributed by atoms with Crippen LogP contribution in [0.3, 0.4) is 0 Å². The second-order valence-corrected chi connectivity index (χ2v) is 7.78. The normalized spacial score (nSPS) is 14.3. The Labute approximate surface area is 126 Å². The maximum Gasteiger partial charge on any atom is 0.433 e. The Morgan fingerprint density at radius 1 is 1.24 bits per heavy atom. The van der Waals surface area contributed by atoms with Crippen LogP contribution in [0.1, 0.15) is 44.6 Å². The van der Waals surface area contributed by atoms with Crippen molar-refractivity contribution < 1.29 is 17.7 Å². The van der Waals surface area contributed by atoms with Crippen molar-refractivity contribution in [3.63, 3.8) is 0 Å². The molecular weight excluding hydrogens is 301 g/mol. The fourth-order valence-electron chi connectivity index (χ4n) is 1.62.